The van der Waals surface area contributed by atoms with E-state index >= 15 is 0 Å². The van der Waals surface area contributed by atoms with Gasteiger partial charge in [0.25, 0.3) is 0 Å². The molecule has 2 aliphatic rings. The number of morpholine rings is 1. The van der Waals surface area contributed by atoms with Gasteiger partial charge >= 0.3 is 6.09 Å². The van der Waals surface area contributed by atoms with Crippen molar-refractivity contribution in [3.05, 3.63) is 41.0 Å². The van der Waals surface area contributed by atoms with Crippen molar-refractivity contribution in [2.45, 2.75) is 58.7 Å². The molecule has 3 rings (SSSR count). The molecule has 2 atom stereocenters. The molecule has 24 heavy (non-hydrogen) atoms. The Morgan fingerprint density at radius 3 is 2.67 bits per heavy atom. The highest BCUT2D eigenvalue weighted by Gasteiger charge is 2.40. The minimum atomic E-state index is -0.483. The second-order valence-corrected chi connectivity index (χ2v) is 7.79. The van der Waals surface area contributed by atoms with Gasteiger partial charge < -0.3 is 9.47 Å². The molecule has 0 aliphatic carbocycles. The van der Waals surface area contributed by atoms with Crippen LogP contribution in [-0.4, -0.2) is 41.9 Å². The number of carbonyl (C=O) groups is 1. The Morgan fingerprint density at radius 1 is 1.25 bits per heavy atom. The van der Waals surface area contributed by atoms with E-state index in [-0.39, 0.29) is 18.2 Å². The van der Waals surface area contributed by atoms with E-state index in [1.165, 1.54) is 22.3 Å². The van der Waals surface area contributed by atoms with Gasteiger partial charge in [-0.2, -0.15) is 0 Å². The highest BCUT2D eigenvalue weighted by molar-refractivity contribution is 5.76. The number of aryl methyl sites for hydroxylation is 1. The third-order valence-electron chi connectivity index (χ3n) is 4.75. The van der Waals surface area contributed by atoms with Crippen molar-refractivity contribution in [1.29, 1.82) is 0 Å². The van der Waals surface area contributed by atoms with Gasteiger partial charge in [-0.05, 0) is 63.3 Å². The molecule has 0 spiro atoms. The summed E-state index contributed by atoms with van der Waals surface area (Å²) in [6.07, 6.45) is 2.75. The zero-order valence-corrected chi connectivity index (χ0v) is 15.3. The number of ether oxygens (including phenoxy) is 2. The minimum absolute atomic E-state index is 0.0403. The zero-order chi connectivity index (χ0) is 17.5. The first kappa shape index (κ1) is 17.0. The van der Waals surface area contributed by atoms with Gasteiger partial charge in [0.05, 0.1) is 25.3 Å². The molecule has 2 heterocycles. The van der Waals surface area contributed by atoms with E-state index in [0.717, 1.165) is 6.42 Å². The Bertz CT molecular complexity index is 672. The van der Waals surface area contributed by atoms with E-state index in [1.54, 1.807) is 0 Å². The summed E-state index contributed by atoms with van der Waals surface area (Å²) in [6.45, 7) is 11.1. The maximum Gasteiger partial charge on any atom is 0.411 e. The molecule has 130 valence electrons. The summed E-state index contributed by atoms with van der Waals surface area (Å²) >= 11 is 0. The Hall–Kier alpha value is -1.81. The van der Waals surface area contributed by atoms with Gasteiger partial charge in [0.15, 0.2) is 0 Å². The van der Waals surface area contributed by atoms with E-state index in [4.69, 9.17) is 9.47 Å². The summed E-state index contributed by atoms with van der Waals surface area (Å²) in [4.78, 5) is 14.5. The first-order chi connectivity index (χ1) is 11.3. The summed E-state index contributed by atoms with van der Waals surface area (Å²) in [5.74, 6) is 0. The molecule has 0 radical (unpaired) electrons. The van der Waals surface area contributed by atoms with E-state index in [1.807, 2.05) is 25.7 Å². The average Bonchev–Trinajstić information content (AvgIpc) is 2.47. The second kappa shape index (κ2) is 6.25. The number of rotatable bonds is 1. The van der Waals surface area contributed by atoms with Gasteiger partial charge in [-0.25, -0.2) is 4.79 Å². The largest absolute Gasteiger partial charge is 0.444 e. The van der Waals surface area contributed by atoms with Crippen molar-refractivity contribution >= 4 is 11.7 Å². The topological polar surface area (TPSA) is 38.8 Å². The standard InChI is InChI=1S/C20H27NO3/c1-13-7-6-8-18(14(13)2)15-9-16-11-23-12-17(10-15)21(16)19(22)24-20(3,4)5/h6-9,16-17H,10-12H2,1-5H3. The lowest BCUT2D eigenvalue weighted by Gasteiger charge is -2.44. The summed E-state index contributed by atoms with van der Waals surface area (Å²) < 4.78 is 11.3. The van der Waals surface area contributed by atoms with Crippen LogP contribution in [-0.2, 0) is 9.47 Å². The molecular weight excluding hydrogens is 302 g/mol. The smallest absolute Gasteiger partial charge is 0.411 e. The Balaban J connectivity index is 1.90. The number of hydrogen-bond donors (Lipinski definition) is 0. The molecule has 1 saturated heterocycles. The number of fused-ring (bicyclic) bond motifs is 2. The number of nitrogens with zero attached hydrogens (tertiary/aromatic N) is 1. The molecule has 0 aromatic heterocycles. The van der Waals surface area contributed by atoms with Crippen LogP contribution in [0.5, 0.6) is 0 Å². The summed E-state index contributed by atoms with van der Waals surface area (Å²) in [5, 5.41) is 0. The molecule has 0 N–H and O–H groups in total. The summed E-state index contributed by atoms with van der Waals surface area (Å²) in [7, 11) is 0. The van der Waals surface area contributed by atoms with Crippen molar-refractivity contribution in [3.63, 3.8) is 0 Å². The van der Waals surface area contributed by atoms with Crippen molar-refractivity contribution < 1.29 is 14.3 Å². The quantitative estimate of drug-likeness (QED) is 0.779. The van der Waals surface area contributed by atoms with Crippen LogP contribution in [0.15, 0.2) is 24.3 Å². The van der Waals surface area contributed by atoms with Crippen LogP contribution in [0.25, 0.3) is 5.57 Å². The number of hydrogen-bond acceptors (Lipinski definition) is 3. The van der Waals surface area contributed by atoms with E-state index in [9.17, 15) is 4.79 Å². The Labute approximate surface area is 144 Å². The molecular formula is C20H27NO3. The lowest BCUT2D eigenvalue weighted by molar-refractivity contribution is -0.0510. The molecule has 1 aromatic rings. The van der Waals surface area contributed by atoms with Crippen LogP contribution in [0.2, 0.25) is 0 Å². The van der Waals surface area contributed by atoms with Crippen LogP contribution < -0.4 is 0 Å². The summed E-state index contributed by atoms with van der Waals surface area (Å²) in [5.41, 5.74) is 4.73. The Morgan fingerprint density at radius 2 is 2.00 bits per heavy atom. The third kappa shape index (κ3) is 3.34. The van der Waals surface area contributed by atoms with E-state index in [2.05, 4.69) is 38.1 Å². The van der Waals surface area contributed by atoms with Gasteiger partial charge in [-0.15, -0.1) is 0 Å². The average molecular weight is 329 g/mol. The predicted octanol–water partition coefficient (Wildman–Crippen LogP) is 4.10. The van der Waals surface area contributed by atoms with Crippen LogP contribution in [0.3, 0.4) is 0 Å². The van der Waals surface area contributed by atoms with Crippen molar-refractivity contribution in [1.82, 2.24) is 4.90 Å². The summed E-state index contributed by atoms with van der Waals surface area (Å²) in [6, 6.07) is 6.40. The van der Waals surface area contributed by atoms with Crippen LogP contribution >= 0.6 is 0 Å². The molecule has 1 fully saturated rings. The Kier molecular flexibility index (Phi) is 4.43. The van der Waals surface area contributed by atoms with Crippen LogP contribution in [0, 0.1) is 13.8 Å². The number of carbonyl (C=O) groups excluding carboxylic acids is 1. The molecule has 1 amide bonds. The SMILES string of the molecule is Cc1cccc(C2=CC3COCC(C2)N3C(=O)OC(C)(C)C)c1C. The van der Waals surface area contributed by atoms with Crippen LogP contribution in [0.1, 0.15) is 43.9 Å². The van der Waals surface area contributed by atoms with Crippen LogP contribution in [0.4, 0.5) is 4.79 Å². The normalized spacial score (nSPS) is 23.7. The monoisotopic (exact) mass is 329 g/mol. The lowest BCUT2D eigenvalue weighted by Crippen LogP contribution is -2.57. The van der Waals surface area contributed by atoms with Gasteiger partial charge in [-0.3, -0.25) is 4.90 Å². The number of amides is 1. The first-order valence-corrected chi connectivity index (χ1v) is 8.62. The van der Waals surface area contributed by atoms with Gasteiger partial charge in [0, 0.05) is 0 Å². The molecule has 2 bridgehead atoms. The van der Waals surface area contributed by atoms with Gasteiger partial charge in [-0.1, -0.05) is 24.3 Å². The molecule has 4 heteroatoms. The fraction of sp³-hybridized carbons (Fsp3) is 0.550. The second-order valence-electron chi connectivity index (χ2n) is 7.79. The van der Waals surface area contributed by atoms with Gasteiger partial charge in [0.1, 0.15) is 5.60 Å². The lowest BCUT2D eigenvalue weighted by atomic mass is 9.87. The predicted molar refractivity (Wildman–Crippen MR) is 95.0 cm³/mol. The molecule has 1 aromatic carbocycles. The first-order valence-electron chi connectivity index (χ1n) is 8.62. The maximum atomic E-state index is 12.6. The van der Waals surface area contributed by atoms with Crippen molar-refractivity contribution in [3.8, 4) is 0 Å². The molecule has 2 aliphatic heterocycles. The molecule has 2 unspecified atom stereocenters. The van der Waals surface area contributed by atoms with Crippen molar-refractivity contribution in [2.75, 3.05) is 13.2 Å². The molecule has 4 nitrogen and oxygen atoms in total. The maximum absolute atomic E-state index is 12.6. The van der Waals surface area contributed by atoms with E-state index in [0.29, 0.717) is 13.2 Å². The van der Waals surface area contributed by atoms with Crippen molar-refractivity contribution in [2.24, 2.45) is 0 Å². The highest BCUT2D eigenvalue weighted by Crippen LogP contribution is 2.35. The van der Waals surface area contributed by atoms with E-state index < -0.39 is 5.60 Å². The fourth-order valence-electron chi connectivity index (χ4n) is 3.49. The van der Waals surface area contributed by atoms with Gasteiger partial charge in [0.2, 0.25) is 0 Å². The fourth-order valence-corrected chi connectivity index (χ4v) is 3.49. The minimum Gasteiger partial charge on any atom is -0.444 e. The third-order valence-corrected chi connectivity index (χ3v) is 4.75. The highest BCUT2D eigenvalue weighted by atomic mass is 16.6. The zero-order valence-electron chi connectivity index (χ0n) is 15.3. The molecule has 0 saturated carbocycles. The number of benzene rings is 1.